The summed E-state index contributed by atoms with van der Waals surface area (Å²) in [5.41, 5.74) is -1.23. The summed E-state index contributed by atoms with van der Waals surface area (Å²) in [7, 11) is 1.46. The van der Waals surface area contributed by atoms with E-state index in [4.69, 9.17) is 28.4 Å². The van der Waals surface area contributed by atoms with E-state index in [-0.39, 0.29) is 54.6 Å². The van der Waals surface area contributed by atoms with Gasteiger partial charge in [-0.15, -0.1) is 0 Å². The van der Waals surface area contributed by atoms with Gasteiger partial charge in [-0.05, 0) is 75.2 Å². The molecule has 7 rings (SSSR count). The molecule has 0 spiro atoms. The first kappa shape index (κ1) is 29.8. The van der Waals surface area contributed by atoms with Gasteiger partial charge in [-0.1, -0.05) is 6.92 Å². The molecule has 3 heterocycles. The summed E-state index contributed by atoms with van der Waals surface area (Å²) in [5.74, 6) is -0.964. The van der Waals surface area contributed by atoms with E-state index >= 15 is 0 Å². The molecule has 0 aromatic carbocycles. The highest BCUT2D eigenvalue weighted by atomic mass is 16.7. The highest BCUT2D eigenvalue weighted by molar-refractivity contribution is 5.85. The smallest absolute Gasteiger partial charge is 0.331 e. The van der Waals surface area contributed by atoms with Gasteiger partial charge in [0.15, 0.2) is 12.4 Å². The lowest BCUT2D eigenvalue weighted by atomic mass is 9.43. The molecule has 0 aromatic rings. The SMILES string of the molecule is COC1C(O)C(C)OC(OC2CCC3(C=O)C(CCC4C3C3OC3C3(C)C(C5=CC(=O)OC5)CCC43O)C2)C1OC(C)=O. The molecule has 0 amide bonds. The number of rotatable bonds is 6. The van der Waals surface area contributed by atoms with Crippen LogP contribution in [0.2, 0.25) is 0 Å². The maximum atomic E-state index is 13.2. The Kier molecular flexibility index (Phi) is 7.15. The quantitative estimate of drug-likeness (QED) is 0.198. The van der Waals surface area contributed by atoms with Crippen LogP contribution in [0.25, 0.3) is 0 Å². The molecule has 43 heavy (non-hydrogen) atoms. The normalized spacial score (nSPS) is 53.4. The Hall–Kier alpha value is -1.89. The van der Waals surface area contributed by atoms with Crippen LogP contribution in [-0.4, -0.2) is 96.8 Å². The summed E-state index contributed by atoms with van der Waals surface area (Å²) in [5, 5.41) is 23.2. The Bertz CT molecular complexity index is 1200. The number of aldehydes is 1. The van der Waals surface area contributed by atoms with Gasteiger partial charge >= 0.3 is 11.9 Å². The Morgan fingerprint density at radius 2 is 1.93 bits per heavy atom. The van der Waals surface area contributed by atoms with Gasteiger partial charge in [-0.2, -0.15) is 0 Å². The lowest BCUT2D eigenvalue weighted by Gasteiger charge is -2.61. The maximum Gasteiger partial charge on any atom is 0.331 e. The van der Waals surface area contributed by atoms with Crippen LogP contribution in [0.3, 0.4) is 0 Å². The molecular weight excluding hydrogens is 560 g/mol. The zero-order valence-electron chi connectivity index (χ0n) is 25.3. The topological polar surface area (TPSA) is 150 Å². The van der Waals surface area contributed by atoms with Gasteiger partial charge in [0.1, 0.15) is 25.1 Å². The van der Waals surface area contributed by atoms with Gasteiger partial charge in [0.25, 0.3) is 0 Å². The number of aliphatic hydroxyl groups is 2. The number of hydrogen-bond donors (Lipinski definition) is 2. The van der Waals surface area contributed by atoms with E-state index < -0.39 is 53.1 Å². The largest absolute Gasteiger partial charge is 0.458 e. The standard InChI is InChI=1S/C32H44O11/c1-15-24(36)26(38-4)27(41-16(2)34)29(40-15)42-19-7-9-31(14-33)18(12-19)5-6-21-23(31)25-28(43-25)30(3)20(8-10-32(21,30)37)17-11-22(35)39-13-17/h11,14-15,18-21,23-29,36-37H,5-10,12-13H2,1-4H3. The fraction of sp³-hybridized carbons (Fsp3) is 0.844. The lowest BCUT2D eigenvalue weighted by Crippen LogP contribution is -2.66. The Morgan fingerprint density at radius 3 is 2.60 bits per heavy atom. The highest BCUT2D eigenvalue weighted by Gasteiger charge is 2.79. The molecule has 238 valence electrons. The third-order valence-electron chi connectivity index (χ3n) is 12.7. The molecule has 15 atom stereocenters. The van der Waals surface area contributed by atoms with Gasteiger partial charge in [0.2, 0.25) is 0 Å². The summed E-state index contributed by atoms with van der Waals surface area (Å²) in [6, 6.07) is 0. The number of fused-ring (bicyclic) bond motifs is 8. The van der Waals surface area contributed by atoms with E-state index in [1.807, 2.05) is 0 Å². The van der Waals surface area contributed by atoms with E-state index in [9.17, 15) is 24.6 Å². The highest BCUT2D eigenvalue weighted by Crippen LogP contribution is 2.74. The number of carbonyl (C=O) groups is 3. The summed E-state index contributed by atoms with van der Waals surface area (Å²) in [4.78, 5) is 37.0. The molecule has 0 bridgehead atoms. The molecule has 4 saturated carbocycles. The molecule has 2 saturated heterocycles. The molecule has 7 aliphatic rings. The van der Waals surface area contributed by atoms with Crippen LogP contribution < -0.4 is 0 Å². The van der Waals surface area contributed by atoms with Crippen molar-refractivity contribution in [3.8, 4) is 0 Å². The summed E-state index contributed by atoms with van der Waals surface area (Å²) in [6.07, 6.45) is 2.75. The van der Waals surface area contributed by atoms with Crippen LogP contribution in [0.5, 0.6) is 0 Å². The minimum Gasteiger partial charge on any atom is -0.458 e. The molecule has 11 heteroatoms. The Balaban J connectivity index is 1.11. The molecule has 0 radical (unpaired) electrons. The summed E-state index contributed by atoms with van der Waals surface area (Å²) in [6.45, 7) is 5.42. The first-order chi connectivity index (χ1) is 20.5. The number of cyclic esters (lactones) is 1. The zero-order valence-corrected chi connectivity index (χ0v) is 25.3. The predicted octanol–water partition coefficient (Wildman–Crippen LogP) is 1.85. The van der Waals surface area contributed by atoms with Gasteiger partial charge in [-0.3, -0.25) is 4.79 Å². The minimum atomic E-state index is -1.000. The number of ether oxygens (including phenoxy) is 6. The number of methoxy groups -OCH3 is 1. The average molecular weight is 605 g/mol. The van der Waals surface area contributed by atoms with Crippen LogP contribution in [0.1, 0.15) is 65.7 Å². The molecule has 4 aliphatic carbocycles. The number of esters is 2. The second-order valence-corrected chi connectivity index (χ2v) is 14.3. The van der Waals surface area contributed by atoms with Crippen LogP contribution in [0, 0.1) is 34.5 Å². The molecule has 15 unspecified atom stereocenters. The number of carbonyl (C=O) groups excluding carboxylic acids is 3. The van der Waals surface area contributed by atoms with Crippen molar-refractivity contribution < 1.29 is 53.0 Å². The van der Waals surface area contributed by atoms with Crippen LogP contribution in [0.15, 0.2) is 11.6 Å². The van der Waals surface area contributed by atoms with Gasteiger partial charge in [0, 0.05) is 36.9 Å². The Morgan fingerprint density at radius 1 is 1.14 bits per heavy atom. The summed E-state index contributed by atoms with van der Waals surface area (Å²) < 4.78 is 35.2. The van der Waals surface area contributed by atoms with Crippen LogP contribution in [0.4, 0.5) is 0 Å². The van der Waals surface area contributed by atoms with E-state index in [0.29, 0.717) is 25.7 Å². The Labute approximate surface area is 251 Å². The fourth-order valence-corrected chi connectivity index (χ4v) is 10.6. The average Bonchev–Trinajstić information content (AvgIpc) is 3.59. The van der Waals surface area contributed by atoms with E-state index in [2.05, 4.69) is 6.92 Å². The van der Waals surface area contributed by atoms with Crippen molar-refractivity contribution in [2.75, 3.05) is 13.7 Å². The van der Waals surface area contributed by atoms with Crippen molar-refractivity contribution in [3.63, 3.8) is 0 Å². The van der Waals surface area contributed by atoms with Gasteiger partial charge in [-0.25, -0.2) is 4.79 Å². The van der Waals surface area contributed by atoms with E-state index in [1.54, 1.807) is 13.0 Å². The van der Waals surface area contributed by atoms with Crippen molar-refractivity contribution in [3.05, 3.63) is 11.6 Å². The predicted molar refractivity (Wildman–Crippen MR) is 147 cm³/mol. The van der Waals surface area contributed by atoms with Gasteiger partial charge < -0.3 is 43.4 Å². The maximum absolute atomic E-state index is 13.2. The van der Waals surface area contributed by atoms with Crippen molar-refractivity contribution in [1.82, 2.24) is 0 Å². The number of aliphatic hydroxyl groups excluding tert-OH is 1. The van der Waals surface area contributed by atoms with Crippen molar-refractivity contribution >= 4 is 18.2 Å². The second kappa shape index (κ2) is 10.3. The molecule has 11 nitrogen and oxygen atoms in total. The third-order valence-corrected chi connectivity index (χ3v) is 12.7. The lowest BCUT2D eigenvalue weighted by molar-refractivity contribution is -0.314. The monoisotopic (exact) mass is 604 g/mol. The molecule has 0 aromatic heterocycles. The summed E-state index contributed by atoms with van der Waals surface area (Å²) >= 11 is 0. The van der Waals surface area contributed by atoms with Crippen LogP contribution in [-0.2, 0) is 42.8 Å². The van der Waals surface area contributed by atoms with Crippen LogP contribution >= 0.6 is 0 Å². The third kappa shape index (κ3) is 4.18. The first-order valence-corrected chi connectivity index (χ1v) is 15.9. The van der Waals surface area contributed by atoms with Gasteiger partial charge in [0.05, 0.1) is 30.0 Å². The zero-order chi connectivity index (χ0) is 30.5. The first-order valence-electron chi connectivity index (χ1n) is 15.9. The molecule has 3 aliphatic heterocycles. The second-order valence-electron chi connectivity index (χ2n) is 14.3. The van der Waals surface area contributed by atoms with Crippen molar-refractivity contribution in [1.29, 1.82) is 0 Å². The van der Waals surface area contributed by atoms with E-state index in [0.717, 1.165) is 31.1 Å². The molecule has 6 fully saturated rings. The van der Waals surface area contributed by atoms with E-state index in [1.165, 1.54) is 14.0 Å². The van der Waals surface area contributed by atoms with Crippen molar-refractivity contribution in [2.24, 2.45) is 34.5 Å². The van der Waals surface area contributed by atoms with Crippen molar-refractivity contribution in [2.45, 2.75) is 120 Å². The number of hydrogen-bond acceptors (Lipinski definition) is 11. The molecule has 2 N–H and O–H groups in total. The molecular formula is C32H44O11. The minimum absolute atomic E-state index is 0.00596. The fourth-order valence-electron chi connectivity index (χ4n) is 10.6. The number of epoxide rings is 1.